The number of amides is 1. The number of anilines is 1. The van der Waals surface area contributed by atoms with Crippen LogP contribution in [0.3, 0.4) is 0 Å². The van der Waals surface area contributed by atoms with Crippen molar-refractivity contribution in [2.45, 2.75) is 19.4 Å². The molecular formula is C20H17Cl2N3O4. The van der Waals surface area contributed by atoms with Gasteiger partial charge in [0, 0.05) is 28.2 Å². The van der Waals surface area contributed by atoms with Crippen LogP contribution in [0.1, 0.15) is 12.6 Å². The minimum absolute atomic E-state index is 0.185. The van der Waals surface area contributed by atoms with Gasteiger partial charge in [-0.3, -0.25) is 14.4 Å². The number of benzene rings is 2. The van der Waals surface area contributed by atoms with Crippen molar-refractivity contribution in [1.82, 2.24) is 9.78 Å². The fourth-order valence-electron chi connectivity index (χ4n) is 2.81. The molecule has 1 aromatic heterocycles. The normalized spacial score (nSPS) is 11.9. The second-order valence-electron chi connectivity index (χ2n) is 6.38. The van der Waals surface area contributed by atoms with E-state index in [1.165, 1.54) is 36.9 Å². The van der Waals surface area contributed by atoms with E-state index >= 15 is 0 Å². The number of carbonyl (C=O) groups is 2. The van der Waals surface area contributed by atoms with E-state index in [9.17, 15) is 14.4 Å². The van der Waals surface area contributed by atoms with Crippen LogP contribution in [0.2, 0.25) is 10.0 Å². The van der Waals surface area contributed by atoms with Crippen molar-refractivity contribution in [2.24, 2.45) is 7.05 Å². The molecule has 0 aliphatic rings. The SMILES string of the molecule is CC(OC(=O)Cc1nn(C)c(=O)c2ccccc12)C(=O)Nc1cc(Cl)cc(Cl)c1. The Bertz CT molecular complexity index is 1140. The molecule has 29 heavy (non-hydrogen) atoms. The van der Waals surface area contributed by atoms with Crippen LogP contribution in [-0.2, 0) is 27.8 Å². The number of ether oxygens (including phenoxy) is 1. The van der Waals surface area contributed by atoms with Gasteiger partial charge in [0.25, 0.3) is 11.5 Å². The molecule has 0 bridgehead atoms. The van der Waals surface area contributed by atoms with Crippen molar-refractivity contribution in [3.63, 3.8) is 0 Å². The Morgan fingerprint density at radius 3 is 2.41 bits per heavy atom. The number of hydrogen-bond acceptors (Lipinski definition) is 5. The van der Waals surface area contributed by atoms with Crippen LogP contribution in [0.25, 0.3) is 10.8 Å². The lowest BCUT2D eigenvalue weighted by molar-refractivity contribution is -0.152. The van der Waals surface area contributed by atoms with Crippen molar-refractivity contribution >= 4 is 51.5 Å². The van der Waals surface area contributed by atoms with Gasteiger partial charge in [0.15, 0.2) is 6.10 Å². The molecule has 0 saturated heterocycles. The molecule has 1 N–H and O–H groups in total. The Kier molecular flexibility index (Phi) is 6.20. The van der Waals surface area contributed by atoms with Gasteiger partial charge in [-0.2, -0.15) is 5.10 Å². The molecule has 0 radical (unpaired) electrons. The average Bonchev–Trinajstić information content (AvgIpc) is 2.65. The molecule has 1 atom stereocenters. The van der Waals surface area contributed by atoms with Crippen LogP contribution < -0.4 is 10.9 Å². The second kappa shape index (κ2) is 8.63. The molecule has 0 aliphatic carbocycles. The molecule has 0 fully saturated rings. The largest absolute Gasteiger partial charge is 0.452 e. The Morgan fingerprint density at radius 1 is 1.14 bits per heavy atom. The summed E-state index contributed by atoms with van der Waals surface area (Å²) >= 11 is 11.8. The zero-order chi connectivity index (χ0) is 21.1. The Labute approximate surface area is 176 Å². The molecule has 3 aromatic rings. The van der Waals surface area contributed by atoms with Crippen LogP contribution in [0.15, 0.2) is 47.3 Å². The van der Waals surface area contributed by atoms with Crippen LogP contribution in [0, 0.1) is 0 Å². The van der Waals surface area contributed by atoms with Crippen LogP contribution in [-0.4, -0.2) is 27.8 Å². The Balaban J connectivity index is 1.70. The van der Waals surface area contributed by atoms with E-state index < -0.39 is 18.0 Å². The maximum atomic E-state index is 12.4. The quantitative estimate of drug-likeness (QED) is 0.622. The lowest BCUT2D eigenvalue weighted by Crippen LogP contribution is -2.31. The molecule has 1 unspecified atom stereocenters. The second-order valence-corrected chi connectivity index (χ2v) is 7.25. The first kappa shape index (κ1) is 20.8. The Morgan fingerprint density at radius 2 is 1.76 bits per heavy atom. The third-order valence-corrected chi connectivity index (χ3v) is 4.59. The summed E-state index contributed by atoms with van der Waals surface area (Å²) in [6.07, 6.45) is -1.24. The third-order valence-electron chi connectivity index (χ3n) is 4.15. The summed E-state index contributed by atoms with van der Waals surface area (Å²) in [6, 6.07) is 11.5. The number of rotatable bonds is 5. The van der Waals surface area contributed by atoms with E-state index in [1.54, 1.807) is 24.3 Å². The highest BCUT2D eigenvalue weighted by molar-refractivity contribution is 6.35. The minimum Gasteiger partial charge on any atom is -0.452 e. The summed E-state index contributed by atoms with van der Waals surface area (Å²) in [4.78, 5) is 36.8. The molecule has 7 nitrogen and oxygen atoms in total. The van der Waals surface area contributed by atoms with Crippen LogP contribution in [0.5, 0.6) is 0 Å². The zero-order valence-electron chi connectivity index (χ0n) is 15.6. The molecular weight excluding hydrogens is 417 g/mol. The molecule has 150 valence electrons. The zero-order valence-corrected chi connectivity index (χ0v) is 17.1. The molecule has 9 heteroatoms. The van der Waals surface area contributed by atoms with Gasteiger partial charge >= 0.3 is 5.97 Å². The number of nitrogens with zero attached hydrogens (tertiary/aromatic N) is 2. The predicted molar refractivity (Wildman–Crippen MR) is 111 cm³/mol. The van der Waals surface area contributed by atoms with E-state index in [0.29, 0.717) is 32.2 Å². The summed E-state index contributed by atoms with van der Waals surface area (Å²) in [6.45, 7) is 1.45. The minimum atomic E-state index is -1.06. The van der Waals surface area contributed by atoms with Gasteiger partial charge in [0.2, 0.25) is 0 Å². The molecule has 2 aromatic carbocycles. The number of aromatic nitrogens is 2. The molecule has 0 spiro atoms. The van der Waals surface area contributed by atoms with Crippen LogP contribution in [0.4, 0.5) is 5.69 Å². The Hall–Kier alpha value is -2.90. The van der Waals surface area contributed by atoms with Gasteiger partial charge in [0.1, 0.15) is 0 Å². The first-order chi connectivity index (χ1) is 13.7. The number of halogens is 2. The number of esters is 1. The standard InChI is InChI=1S/C20H17Cl2N3O4/c1-11(19(27)23-14-8-12(21)7-13(22)9-14)29-18(26)10-17-15-5-3-4-6-16(15)20(28)25(2)24-17/h3-9,11H,10H2,1-2H3,(H,23,27). The fraction of sp³-hybridized carbons (Fsp3) is 0.200. The number of hydrogen-bond donors (Lipinski definition) is 1. The monoisotopic (exact) mass is 433 g/mol. The van der Waals surface area contributed by atoms with Crippen molar-refractivity contribution in [1.29, 1.82) is 0 Å². The van der Waals surface area contributed by atoms with Gasteiger partial charge in [-0.15, -0.1) is 0 Å². The summed E-state index contributed by atoms with van der Waals surface area (Å²) in [7, 11) is 1.51. The van der Waals surface area contributed by atoms with E-state index in [0.717, 1.165) is 0 Å². The maximum Gasteiger partial charge on any atom is 0.312 e. The summed E-state index contributed by atoms with van der Waals surface area (Å²) in [5.74, 6) is -1.18. The van der Waals surface area contributed by atoms with Gasteiger partial charge in [-0.05, 0) is 31.2 Å². The van der Waals surface area contributed by atoms with Gasteiger partial charge in [-0.25, -0.2) is 4.68 Å². The lowest BCUT2D eigenvalue weighted by Gasteiger charge is -2.14. The van der Waals surface area contributed by atoms with Gasteiger partial charge < -0.3 is 10.1 Å². The third kappa shape index (κ3) is 4.93. The van der Waals surface area contributed by atoms with E-state index in [1.807, 2.05) is 0 Å². The van der Waals surface area contributed by atoms with Crippen molar-refractivity contribution in [3.8, 4) is 0 Å². The first-order valence-electron chi connectivity index (χ1n) is 8.66. The average molecular weight is 434 g/mol. The maximum absolute atomic E-state index is 12.4. The van der Waals surface area contributed by atoms with E-state index in [2.05, 4.69) is 10.4 Å². The first-order valence-corrected chi connectivity index (χ1v) is 9.41. The van der Waals surface area contributed by atoms with Crippen LogP contribution >= 0.6 is 23.2 Å². The number of aryl methyl sites for hydroxylation is 1. The van der Waals surface area contributed by atoms with Crippen molar-refractivity contribution in [2.75, 3.05) is 5.32 Å². The highest BCUT2D eigenvalue weighted by Gasteiger charge is 2.20. The summed E-state index contributed by atoms with van der Waals surface area (Å²) < 4.78 is 6.39. The van der Waals surface area contributed by atoms with E-state index in [-0.39, 0.29) is 12.0 Å². The molecule has 0 saturated carbocycles. The highest BCUT2D eigenvalue weighted by Crippen LogP contribution is 2.22. The number of carbonyl (C=O) groups excluding carboxylic acids is 2. The molecule has 0 aliphatic heterocycles. The predicted octanol–water partition coefficient (Wildman–Crippen LogP) is 3.35. The summed E-state index contributed by atoms with van der Waals surface area (Å²) in [5, 5.41) is 8.50. The van der Waals surface area contributed by atoms with Gasteiger partial charge in [-0.1, -0.05) is 41.4 Å². The highest BCUT2D eigenvalue weighted by atomic mass is 35.5. The van der Waals surface area contributed by atoms with E-state index in [4.69, 9.17) is 27.9 Å². The number of fused-ring (bicyclic) bond motifs is 1. The lowest BCUT2D eigenvalue weighted by atomic mass is 10.1. The molecule has 3 rings (SSSR count). The summed E-state index contributed by atoms with van der Waals surface area (Å²) in [5.41, 5.74) is 0.522. The smallest absolute Gasteiger partial charge is 0.312 e. The fourth-order valence-corrected chi connectivity index (χ4v) is 3.33. The van der Waals surface area contributed by atoms with Gasteiger partial charge in [0.05, 0.1) is 17.5 Å². The topological polar surface area (TPSA) is 90.3 Å². The van der Waals surface area contributed by atoms with Crippen molar-refractivity contribution in [3.05, 3.63) is 68.6 Å². The van der Waals surface area contributed by atoms with Crippen molar-refractivity contribution < 1.29 is 14.3 Å². The molecule has 1 amide bonds. The molecule has 1 heterocycles. The number of nitrogens with one attached hydrogen (secondary N) is 1.